The first-order valence-electron chi connectivity index (χ1n) is 8.17. The predicted octanol–water partition coefficient (Wildman–Crippen LogP) is 5.64. The average Bonchev–Trinajstić information content (AvgIpc) is 2.95. The van der Waals surface area contributed by atoms with Crippen LogP contribution in [0, 0.1) is 6.92 Å². The van der Waals surface area contributed by atoms with Crippen molar-refractivity contribution in [1.82, 2.24) is 9.55 Å². The molecule has 2 heteroatoms. The molecule has 0 bridgehead atoms. The third-order valence-corrected chi connectivity index (χ3v) is 4.69. The van der Waals surface area contributed by atoms with Crippen LogP contribution in [0.3, 0.4) is 0 Å². The van der Waals surface area contributed by atoms with E-state index in [-0.39, 0.29) is 0 Å². The zero-order valence-corrected chi connectivity index (χ0v) is 13.4. The van der Waals surface area contributed by atoms with Gasteiger partial charge in [-0.05, 0) is 42.6 Å². The Bertz CT molecular complexity index is 1210. The lowest BCUT2D eigenvalue weighted by Crippen LogP contribution is -1.96. The molecule has 3 aromatic carbocycles. The summed E-state index contributed by atoms with van der Waals surface area (Å²) in [4.78, 5) is 4.69. The van der Waals surface area contributed by atoms with Crippen molar-refractivity contribution in [2.24, 2.45) is 0 Å². The van der Waals surface area contributed by atoms with E-state index in [0.717, 1.165) is 5.65 Å². The van der Waals surface area contributed by atoms with Gasteiger partial charge in [0, 0.05) is 22.4 Å². The van der Waals surface area contributed by atoms with Crippen LogP contribution in [0.5, 0.6) is 0 Å². The highest BCUT2D eigenvalue weighted by atomic mass is 15.0. The van der Waals surface area contributed by atoms with Gasteiger partial charge in [-0.15, -0.1) is 0 Å². The van der Waals surface area contributed by atoms with E-state index >= 15 is 0 Å². The van der Waals surface area contributed by atoms with E-state index in [4.69, 9.17) is 4.98 Å². The topological polar surface area (TPSA) is 17.8 Å². The minimum Gasteiger partial charge on any atom is -0.293 e. The molecule has 0 aliphatic heterocycles. The fraction of sp³-hybridized carbons (Fsp3) is 0.0455. The maximum absolute atomic E-state index is 4.69. The summed E-state index contributed by atoms with van der Waals surface area (Å²) in [5.74, 6) is 0. The van der Waals surface area contributed by atoms with Crippen molar-refractivity contribution in [2.45, 2.75) is 6.92 Å². The molecule has 0 unspecified atom stereocenters. The lowest BCUT2D eigenvalue weighted by atomic mass is 10.1. The smallest absolute Gasteiger partial charge is 0.145 e. The number of pyridine rings is 1. The molecule has 0 N–H and O–H groups in total. The number of fused-ring (bicyclic) bond motifs is 4. The first-order chi connectivity index (χ1) is 11.8. The molecule has 0 aliphatic rings. The second-order valence-electron chi connectivity index (χ2n) is 6.23. The van der Waals surface area contributed by atoms with Gasteiger partial charge in [0.15, 0.2) is 0 Å². The van der Waals surface area contributed by atoms with Crippen molar-refractivity contribution >= 4 is 32.7 Å². The molecule has 0 atom stereocenters. The van der Waals surface area contributed by atoms with Gasteiger partial charge in [-0.3, -0.25) is 4.57 Å². The van der Waals surface area contributed by atoms with Crippen molar-refractivity contribution in [1.29, 1.82) is 0 Å². The molecule has 0 radical (unpaired) electrons. The van der Waals surface area contributed by atoms with Crippen molar-refractivity contribution in [2.75, 3.05) is 0 Å². The number of hydrogen-bond acceptors (Lipinski definition) is 1. The molecule has 2 aromatic heterocycles. The number of hydrogen-bond donors (Lipinski definition) is 0. The molecule has 0 amide bonds. The summed E-state index contributed by atoms with van der Waals surface area (Å²) < 4.78 is 2.28. The number of rotatable bonds is 1. The Balaban J connectivity index is 2.01. The van der Waals surface area contributed by atoms with Crippen LogP contribution >= 0.6 is 0 Å². The average molecular weight is 308 g/mol. The minimum absolute atomic E-state index is 1.01. The third kappa shape index (κ3) is 1.80. The monoisotopic (exact) mass is 308 g/mol. The Morgan fingerprint density at radius 2 is 1.58 bits per heavy atom. The van der Waals surface area contributed by atoms with Gasteiger partial charge >= 0.3 is 0 Å². The molecular formula is C22H16N2. The number of aryl methyl sites for hydroxylation is 1. The highest BCUT2D eigenvalue weighted by molar-refractivity contribution is 6.09. The molecule has 0 aliphatic carbocycles. The van der Waals surface area contributed by atoms with Crippen LogP contribution in [-0.2, 0) is 0 Å². The van der Waals surface area contributed by atoms with Gasteiger partial charge in [0.05, 0.1) is 11.2 Å². The summed E-state index contributed by atoms with van der Waals surface area (Å²) >= 11 is 0. The molecule has 2 heterocycles. The number of benzene rings is 3. The van der Waals surface area contributed by atoms with E-state index in [0.29, 0.717) is 0 Å². The molecule has 0 saturated carbocycles. The molecule has 5 rings (SSSR count). The zero-order chi connectivity index (χ0) is 16.1. The summed E-state index contributed by atoms with van der Waals surface area (Å²) in [6.45, 7) is 2.14. The Kier molecular flexibility index (Phi) is 2.74. The normalized spacial score (nSPS) is 11.5. The molecule has 2 nitrogen and oxygen atoms in total. The zero-order valence-electron chi connectivity index (χ0n) is 13.4. The van der Waals surface area contributed by atoms with Gasteiger partial charge < -0.3 is 0 Å². The minimum atomic E-state index is 1.01. The molecule has 114 valence electrons. The second-order valence-corrected chi connectivity index (χ2v) is 6.23. The maximum atomic E-state index is 4.69. The van der Waals surface area contributed by atoms with Crippen molar-refractivity contribution < 1.29 is 0 Å². The fourth-order valence-corrected chi connectivity index (χ4v) is 3.61. The summed E-state index contributed by atoms with van der Waals surface area (Å²) in [5.41, 5.74) is 4.65. The predicted molar refractivity (Wildman–Crippen MR) is 101 cm³/mol. The van der Waals surface area contributed by atoms with Gasteiger partial charge in [0.25, 0.3) is 0 Å². The number of aromatic nitrogens is 2. The Hall–Kier alpha value is -3.13. The first kappa shape index (κ1) is 13.3. The van der Waals surface area contributed by atoms with Crippen molar-refractivity contribution in [3.8, 4) is 5.69 Å². The fourth-order valence-electron chi connectivity index (χ4n) is 3.61. The summed E-state index contributed by atoms with van der Waals surface area (Å²) in [5, 5.41) is 4.94. The highest BCUT2D eigenvalue weighted by Crippen LogP contribution is 2.33. The lowest BCUT2D eigenvalue weighted by Gasteiger charge is -2.10. The van der Waals surface area contributed by atoms with Crippen molar-refractivity contribution in [3.63, 3.8) is 0 Å². The highest BCUT2D eigenvalue weighted by Gasteiger charge is 2.14. The molecule has 0 saturated heterocycles. The number of nitrogens with zero attached hydrogens (tertiary/aromatic N) is 2. The lowest BCUT2D eigenvalue weighted by molar-refractivity contribution is 1.15. The van der Waals surface area contributed by atoms with Crippen LogP contribution in [0.2, 0.25) is 0 Å². The van der Waals surface area contributed by atoms with E-state index in [1.165, 1.54) is 38.3 Å². The second kappa shape index (κ2) is 4.93. The third-order valence-electron chi connectivity index (χ3n) is 4.69. The Morgan fingerprint density at radius 3 is 2.54 bits per heavy atom. The van der Waals surface area contributed by atoms with E-state index in [1.54, 1.807) is 0 Å². The molecule has 0 spiro atoms. The van der Waals surface area contributed by atoms with E-state index in [9.17, 15) is 0 Å². The van der Waals surface area contributed by atoms with Crippen LogP contribution in [-0.4, -0.2) is 9.55 Å². The maximum Gasteiger partial charge on any atom is 0.145 e. The van der Waals surface area contributed by atoms with Gasteiger partial charge in [-0.2, -0.15) is 0 Å². The SMILES string of the molecule is Cc1ccc2c(c1)c1cccnc1n2-c1cccc2ccccc12. The van der Waals surface area contributed by atoms with Gasteiger partial charge in [-0.1, -0.05) is 48.0 Å². The van der Waals surface area contributed by atoms with Crippen LogP contribution in [0.4, 0.5) is 0 Å². The van der Waals surface area contributed by atoms with E-state index < -0.39 is 0 Å². The van der Waals surface area contributed by atoms with Crippen LogP contribution in [0.1, 0.15) is 5.56 Å². The van der Waals surface area contributed by atoms with Gasteiger partial charge in [0.1, 0.15) is 5.65 Å². The largest absolute Gasteiger partial charge is 0.293 e. The Labute approximate surface area is 140 Å². The summed E-state index contributed by atoms with van der Waals surface area (Å²) in [6.07, 6.45) is 1.87. The van der Waals surface area contributed by atoms with E-state index in [2.05, 4.69) is 78.2 Å². The molecular weight excluding hydrogens is 292 g/mol. The first-order valence-corrected chi connectivity index (χ1v) is 8.17. The summed E-state index contributed by atoms with van der Waals surface area (Å²) in [6, 6.07) is 25.8. The quantitative estimate of drug-likeness (QED) is 0.392. The van der Waals surface area contributed by atoms with E-state index in [1.807, 2.05) is 12.3 Å². The van der Waals surface area contributed by atoms with Gasteiger partial charge in [-0.25, -0.2) is 4.98 Å². The van der Waals surface area contributed by atoms with Crippen LogP contribution < -0.4 is 0 Å². The van der Waals surface area contributed by atoms with Crippen molar-refractivity contribution in [3.05, 3.63) is 84.6 Å². The molecule has 0 fully saturated rings. The molecule has 24 heavy (non-hydrogen) atoms. The van der Waals surface area contributed by atoms with Gasteiger partial charge in [0.2, 0.25) is 0 Å². The van der Waals surface area contributed by atoms with Crippen LogP contribution in [0.25, 0.3) is 38.4 Å². The Morgan fingerprint density at radius 1 is 0.750 bits per heavy atom. The standard InChI is InChI=1S/C22H16N2/c1-15-11-12-21-19(14-15)18-9-5-13-23-22(18)24(21)20-10-4-7-16-6-2-3-8-17(16)20/h2-14H,1H3. The van der Waals surface area contributed by atoms with Crippen LogP contribution in [0.15, 0.2) is 79.0 Å². The summed E-state index contributed by atoms with van der Waals surface area (Å²) in [7, 11) is 0. The molecule has 5 aromatic rings.